The minimum absolute atomic E-state index is 0.0660. The molecule has 0 amide bonds. The molecule has 2 unspecified atom stereocenters. The summed E-state index contributed by atoms with van der Waals surface area (Å²) in [6.45, 7) is 1.75. The van der Waals surface area contributed by atoms with Crippen LogP contribution in [0.4, 0.5) is 0 Å². The molecule has 1 aromatic rings. The van der Waals surface area contributed by atoms with E-state index in [0.717, 1.165) is 5.56 Å². The maximum atomic E-state index is 10.3. The molecule has 0 heterocycles. The van der Waals surface area contributed by atoms with Crippen LogP contribution in [0.1, 0.15) is 18.4 Å². The van der Waals surface area contributed by atoms with Crippen molar-refractivity contribution in [3.05, 3.63) is 59.8 Å². The maximum Gasteiger partial charge on any atom is 0.111 e. The van der Waals surface area contributed by atoms with Gasteiger partial charge in [0, 0.05) is 11.6 Å². The van der Waals surface area contributed by atoms with E-state index in [9.17, 15) is 5.11 Å². The molecule has 2 atom stereocenters. The summed E-state index contributed by atoms with van der Waals surface area (Å²) in [6, 6.07) is 9.90. The van der Waals surface area contributed by atoms with E-state index >= 15 is 0 Å². The molecule has 0 spiro atoms. The predicted molar refractivity (Wildman–Crippen MR) is 61.2 cm³/mol. The Labute approximate surface area is 89.7 Å². The highest BCUT2D eigenvalue weighted by Gasteiger charge is 2.35. The Balaban J connectivity index is 2.40. The highest BCUT2D eigenvalue weighted by atomic mass is 16.3. The first-order valence-electron chi connectivity index (χ1n) is 5.04. The van der Waals surface area contributed by atoms with Crippen molar-refractivity contribution in [2.24, 2.45) is 5.73 Å². The summed E-state index contributed by atoms with van der Waals surface area (Å²) < 4.78 is 0. The Bertz CT molecular complexity index is 404. The number of rotatable bonds is 1. The molecular formula is C13H15NO. The average Bonchev–Trinajstić information content (AvgIpc) is 2.23. The third kappa shape index (κ3) is 1.68. The van der Waals surface area contributed by atoms with Gasteiger partial charge in [-0.3, -0.25) is 0 Å². The molecule has 1 aliphatic rings. The summed E-state index contributed by atoms with van der Waals surface area (Å²) >= 11 is 0. The molecule has 0 saturated heterocycles. The van der Waals surface area contributed by atoms with E-state index in [1.165, 1.54) is 0 Å². The lowest BCUT2D eigenvalue weighted by atomic mass is 9.78. The fourth-order valence-electron chi connectivity index (χ4n) is 1.90. The SMILES string of the molecule is CC1(O)C(N)=CC=CC1c1ccccc1. The lowest BCUT2D eigenvalue weighted by molar-refractivity contribution is 0.0800. The Morgan fingerprint density at radius 3 is 2.60 bits per heavy atom. The summed E-state index contributed by atoms with van der Waals surface area (Å²) in [4.78, 5) is 0. The molecule has 0 bridgehead atoms. The van der Waals surface area contributed by atoms with Gasteiger partial charge in [0.2, 0.25) is 0 Å². The fraction of sp³-hybridized carbons (Fsp3) is 0.231. The van der Waals surface area contributed by atoms with E-state index in [1.54, 1.807) is 13.0 Å². The first-order chi connectivity index (χ1) is 7.12. The van der Waals surface area contributed by atoms with Gasteiger partial charge in [0.15, 0.2) is 0 Å². The molecule has 0 saturated carbocycles. The van der Waals surface area contributed by atoms with Crippen LogP contribution in [0.5, 0.6) is 0 Å². The fourth-order valence-corrected chi connectivity index (χ4v) is 1.90. The van der Waals surface area contributed by atoms with Gasteiger partial charge in [-0.15, -0.1) is 0 Å². The lowest BCUT2D eigenvalue weighted by Crippen LogP contribution is -2.39. The van der Waals surface area contributed by atoms with E-state index in [0.29, 0.717) is 5.70 Å². The predicted octanol–water partition coefficient (Wildman–Crippen LogP) is 1.93. The molecule has 2 heteroatoms. The van der Waals surface area contributed by atoms with E-state index in [4.69, 9.17) is 5.73 Å². The van der Waals surface area contributed by atoms with E-state index in [2.05, 4.69) is 0 Å². The summed E-state index contributed by atoms with van der Waals surface area (Å²) in [7, 11) is 0. The van der Waals surface area contributed by atoms with Crippen LogP contribution < -0.4 is 5.73 Å². The molecule has 2 nitrogen and oxygen atoms in total. The molecule has 15 heavy (non-hydrogen) atoms. The van der Waals surface area contributed by atoms with Gasteiger partial charge in [0.1, 0.15) is 5.60 Å². The summed E-state index contributed by atoms with van der Waals surface area (Å²) in [5, 5.41) is 10.3. The van der Waals surface area contributed by atoms with Crippen molar-refractivity contribution in [3.63, 3.8) is 0 Å². The third-order valence-electron chi connectivity index (χ3n) is 2.93. The molecule has 1 aromatic carbocycles. The first kappa shape index (κ1) is 9.99. The van der Waals surface area contributed by atoms with Crippen LogP contribution in [0.2, 0.25) is 0 Å². The molecule has 0 radical (unpaired) electrons. The molecular weight excluding hydrogens is 186 g/mol. The largest absolute Gasteiger partial charge is 0.400 e. The van der Waals surface area contributed by atoms with E-state index in [-0.39, 0.29) is 5.92 Å². The van der Waals surface area contributed by atoms with Crippen LogP contribution in [0, 0.1) is 0 Å². The molecule has 78 valence electrons. The van der Waals surface area contributed by atoms with Crippen LogP contribution in [0.15, 0.2) is 54.3 Å². The minimum Gasteiger partial charge on any atom is -0.400 e. The minimum atomic E-state index is -0.990. The smallest absolute Gasteiger partial charge is 0.111 e. The van der Waals surface area contributed by atoms with Gasteiger partial charge < -0.3 is 10.8 Å². The number of hydrogen-bond acceptors (Lipinski definition) is 2. The Morgan fingerprint density at radius 1 is 1.27 bits per heavy atom. The topological polar surface area (TPSA) is 46.2 Å². The number of nitrogens with two attached hydrogens (primary N) is 1. The molecule has 2 rings (SSSR count). The second kappa shape index (κ2) is 3.55. The molecule has 0 aliphatic heterocycles. The van der Waals surface area contributed by atoms with Crippen molar-refractivity contribution in [1.29, 1.82) is 0 Å². The normalized spacial score (nSPS) is 30.0. The zero-order chi connectivity index (χ0) is 10.9. The van der Waals surface area contributed by atoms with E-state index < -0.39 is 5.60 Å². The Morgan fingerprint density at radius 2 is 1.93 bits per heavy atom. The van der Waals surface area contributed by atoms with Gasteiger partial charge in [-0.2, -0.15) is 0 Å². The van der Waals surface area contributed by atoms with Crippen LogP contribution in [0.25, 0.3) is 0 Å². The Hall–Kier alpha value is -1.54. The Kier molecular flexibility index (Phi) is 2.37. The molecule has 1 aliphatic carbocycles. The van der Waals surface area contributed by atoms with Crippen molar-refractivity contribution < 1.29 is 5.11 Å². The quantitative estimate of drug-likeness (QED) is 0.729. The van der Waals surface area contributed by atoms with Gasteiger partial charge in [-0.25, -0.2) is 0 Å². The van der Waals surface area contributed by atoms with Gasteiger partial charge in [-0.05, 0) is 18.6 Å². The van der Waals surface area contributed by atoms with Crippen molar-refractivity contribution in [3.8, 4) is 0 Å². The third-order valence-corrected chi connectivity index (χ3v) is 2.93. The second-order valence-electron chi connectivity index (χ2n) is 4.04. The average molecular weight is 201 g/mol. The number of benzene rings is 1. The number of hydrogen-bond donors (Lipinski definition) is 2. The van der Waals surface area contributed by atoms with Gasteiger partial charge in [0.25, 0.3) is 0 Å². The lowest BCUT2D eigenvalue weighted by Gasteiger charge is -2.33. The zero-order valence-electron chi connectivity index (χ0n) is 8.72. The highest BCUT2D eigenvalue weighted by Crippen LogP contribution is 2.35. The summed E-state index contributed by atoms with van der Waals surface area (Å²) in [5.74, 6) is -0.0660. The van der Waals surface area contributed by atoms with Gasteiger partial charge >= 0.3 is 0 Å². The maximum absolute atomic E-state index is 10.3. The van der Waals surface area contributed by atoms with Crippen molar-refractivity contribution >= 4 is 0 Å². The standard InChI is InChI=1S/C13H15NO/c1-13(15)11(8-5-9-12(13)14)10-6-3-2-4-7-10/h2-9,11,15H,14H2,1H3. The highest BCUT2D eigenvalue weighted by molar-refractivity contribution is 5.38. The molecule has 0 fully saturated rings. The zero-order valence-corrected chi connectivity index (χ0v) is 8.72. The first-order valence-corrected chi connectivity index (χ1v) is 5.04. The van der Waals surface area contributed by atoms with Crippen molar-refractivity contribution in [1.82, 2.24) is 0 Å². The molecule has 0 aromatic heterocycles. The second-order valence-corrected chi connectivity index (χ2v) is 4.04. The number of aliphatic hydroxyl groups is 1. The van der Waals surface area contributed by atoms with Gasteiger partial charge in [0.05, 0.1) is 0 Å². The summed E-state index contributed by atoms with van der Waals surface area (Å²) in [5.41, 5.74) is 6.40. The van der Waals surface area contributed by atoms with Crippen molar-refractivity contribution in [2.75, 3.05) is 0 Å². The van der Waals surface area contributed by atoms with E-state index in [1.807, 2.05) is 42.5 Å². The monoisotopic (exact) mass is 201 g/mol. The van der Waals surface area contributed by atoms with Crippen LogP contribution in [-0.2, 0) is 0 Å². The van der Waals surface area contributed by atoms with Crippen LogP contribution in [0.3, 0.4) is 0 Å². The number of allylic oxidation sites excluding steroid dienone is 2. The van der Waals surface area contributed by atoms with Crippen molar-refractivity contribution in [2.45, 2.75) is 18.4 Å². The van der Waals surface area contributed by atoms with Crippen LogP contribution in [-0.4, -0.2) is 10.7 Å². The van der Waals surface area contributed by atoms with Crippen LogP contribution >= 0.6 is 0 Å². The van der Waals surface area contributed by atoms with Gasteiger partial charge in [-0.1, -0.05) is 42.5 Å². The summed E-state index contributed by atoms with van der Waals surface area (Å²) in [6.07, 6.45) is 5.62. The molecule has 3 N–H and O–H groups in total.